The highest BCUT2D eigenvalue weighted by atomic mass is 127. The molecule has 0 aliphatic heterocycles. The molecule has 0 aliphatic rings. The number of nitrogens with one attached hydrogen (secondary N) is 2. The highest BCUT2D eigenvalue weighted by molar-refractivity contribution is 14.0. The summed E-state index contributed by atoms with van der Waals surface area (Å²) in [5.41, 5.74) is 2.38. The van der Waals surface area contributed by atoms with E-state index in [0.717, 1.165) is 37.8 Å². The van der Waals surface area contributed by atoms with Crippen molar-refractivity contribution in [2.45, 2.75) is 34.1 Å². The number of hydrogen-bond donors (Lipinski definition) is 2. The molecule has 0 aliphatic carbocycles. The van der Waals surface area contributed by atoms with Crippen LogP contribution in [0.2, 0.25) is 0 Å². The summed E-state index contributed by atoms with van der Waals surface area (Å²) < 4.78 is 5.86. The minimum atomic E-state index is 0. The molecule has 21 heavy (non-hydrogen) atoms. The molecule has 0 saturated heterocycles. The summed E-state index contributed by atoms with van der Waals surface area (Å²) in [5, 5.41) is 6.42. The van der Waals surface area contributed by atoms with Gasteiger partial charge in [0.15, 0.2) is 5.96 Å². The summed E-state index contributed by atoms with van der Waals surface area (Å²) in [6.07, 6.45) is 0.911. The van der Waals surface area contributed by atoms with Gasteiger partial charge < -0.3 is 15.4 Å². The standard InChI is InChI=1S/C16H27N3O.HI/c1-5-17-16(18-6-2)19-11-8-12-20-15-13(3)9-7-10-14(15)4;/h7,9-10H,5-6,8,11-12H2,1-4H3,(H2,17,18,19);1H. The van der Waals surface area contributed by atoms with Crippen LogP contribution in [0.1, 0.15) is 31.4 Å². The first-order valence-corrected chi connectivity index (χ1v) is 7.40. The molecular formula is C16H28IN3O. The Morgan fingerprint density at radius 3 is 2.19 bits per heavy atom. The van der Waals surface area contributed by atoms with Crippen LogP contribution < -0.4 is 15.4 Å². The molecule has 0 radical (unpaired) electrons. The third-order valence-electron chi connectivity index (χ3n) is 2.92. The monoisotopic (exact) mass is 405 g/mol. The van der Waals surface area contributed by atoms with Crippen molar-refractivity contribution in [3.05, 3.63) is 29.3 Å². The Bertz CT molecular complexity index is 407. The summed E-state index contributed by atoms with van der Waals surface area (Å²) >= 11 is 0. The van der Waals surface area contributed by atoms with Gasteiger partial charge in [-0.15, -0.1) is 24.0 Å². The molecule has 0 aromatic heterocycles. The Balaban J connectivity index is 0.00000400. The van der Waals surface area contributed by atoms with Crippen LogP contribution in [0.4, 0.5) is 0 Å². The van der Waals surface area contributed by atoms with E-state index in [-0.39, 0.29) is 24.0 Å². The lowest BCUT2D eigenvalue weighted by Crippen LogP contribution is -2.37. The van der Waals surface area contributed by atoms with Gasteiger partial charge in [-0.1, -0.05) is 18.2 Å². The fraction of sp³-hybridized carbons (Fsp3) is 0.562. The summed E-state index contributed by atoms with van der Waals surface area (Å²) in [6, 6.07) is 6.21. The van der Waals surface area contributed by atoms with Gasteiger partial charge in [0.1, 0.15) is 5.75 Å². The first-order chi connectivity index (χ1) is 9.69. The van der Waals surface area contributed by atoms with Gasteiger partial charge in [-0.25, -0.2) is 0 Å². The van der Waals surface area contributed by atoms with E-state index in [1.807, 2.05) is 0 Å². The number of aliphatic imine (C=N–C) groups is 1. The number of halogens is 1. The van der Waals surface area contributed by atoms with Crippen LogP contribution in [0.5, 0.6) is 5.75 Å². The third kappa shape index (κ3) is 7.55. The molecule has 4 nitrogen and oxygen atoms in total. The maximum atomic E-state index is 5.86. The van der Waals surface area contributed by atoms with Crippen LogP contribution in [0.15, 0.2) is 23.2 Å². The molecule has 1 aromatic carbocycles. The molecule has 0 unspecified atom stereocenters. The van der Waals surface area contributed by atoms with Crippen molar-refractivity contribution in [2.24, 2.45) is 4.99 Å². The molecular weight excluding hydrogens is 377 g/mol. The lowest BCUT2D eigenvalue weighted by Gasteiger charge is -2.12. The molecule has 2 N–H and O–H groups in total. The third-order valence-corrected chi connectivity index (χ3v) is 2.92. The van der Waals surface area contributed by atoms with Crippen LogP contribution in [0.3, 0.4) is 0 Å². The van der Waals surface area contributed by atoms with Gasteiger partial charge >= 0.3 is 0 Å². The number of nitrogens with zero attached hydrogens (tertiary/aromatic N) is 1. The molecule has 5 heteroatoms. The van der Waals surface area contributed by atoms with Gasteiger partial charge in [0.2, 0.25) is 0 Å². The predicted molar refractivity (Wildman–Crippen MR) is 101 cm³/mol. The van der Waals surface area contributed by atoms with Crippen LogP contribution in [-0.2, 0) is 0 Å². The topological polar surface area (TPSA) is 45.7 Å². The highest BCUT2D eigenvalue weighted by Crippen LogP contribution is 2.22. The maximum Gasteiger partial charge on any atom is 0.191 e. The van der Waals surface area contributed by atoms with E-state index < -0.39 is 0 Å². The number of benzene rings is 1. The predicted octanol–water partition coefficient (Wildman–Crippen LogP) is 3.27. The maximum absolute atomic E-state index is 5.86. The molecule has 0 bridgehead atoms. The zero-order valence-corrected chi connectivity index (χ0v) is 15.9. The fourth-order valence-electron chi connectivity index (χ4n) is 1.97. The molecule has 0 heterocycles. The zero-order chi connectivity index (χ0) is 14.8. The SMILES string of the molecule is CCNC(=NCCCOc1c(C)cccc1C)NCC.I. The van der Waals surface area contributed by atoms with Crippen molar-refractivity contribution in [3.8, 4) is 5.75 Å². The largest absolute Gasteiger partial charge is 0.493 e. The van der Waals surface area contributed by atoms with Crippen molar-refractivity contribution in [1.29, 1.82) is 0 Å². The first-order valence-electron chi connectivity index (χ1n) is 7.40. The van der Waals surface area contributed by atoms with Crippen molar-refractivity contribution < 1.29 is 4.74 Å². The van der Waals surface area contributed by atoms with E-state index >= 15 is 0 Å². The highest BCUT2D eigenvalue weighted by Gasteiger charge is 2.02. The number of aryl methyl sites for hydroxylation is 2. The molecule has 120 valence electrons. The fourth-order valence-corrected chi connectivity index (χ4v) is 1.97. The lowest BCUT2D eigenvalue weighted by molar-refractivity contribution is 0.309. The molecule has 1 rings (SSSR count). The Labute approximate surface area is 145 Å². The van der Waals surface area contributed by atoms with Crippen LogP contribution in [-0.4, -0.2) is 32.2 Å². The summed E-state index contributed by atoms with van der Waals surface area (Å²) in [6.45, 7) is 11.5. The zero-order valence-electron chi connectivity index (χ0n) is 13.5. The van der Waals surface area contributed by atoms with Gasteiger partial charge in [0, 0.05) is 26.1 Å². The lowest BCUT2D eigenvalue weighted by atomic mass is 10.1. The minimum Gasteiger partial charge on any atom is -0.493 e. The van der Waals surface area contributed by atoms with E-state index in [4.69, 9.17) is 4.74 Å². The second kappa shape index (κ2) is 11.7. The van der Waals surface area contributed by atoms with Crippen LogP contribution in [0.25, 0.3) is 0 Å². The Hall–Kier alpha value is -0.980. The first kappa shape index (κ1) is 20.0. The van der Waals surface area contributed by atoms with Crippen LogP contribution >= 0.6 is 24.0 Å². The number of hydrogen-bond acceptors (Lipinski definition) is 2. The molecule has 1 aromatic rings. The minimum absolute atomic E-state index is 0. The number of ether oxygens (including phenoxy) is 1. The van der Waals surface area contributed by atoms with Crippen molar-refractivity contribution in [1.82, 2.24) is 10.6 Å². The van der Waals surface area contributed by atoms with E-state index in [1.165, 1.54) is 11.1 Å². The summed E-state index contributed by atoms with van der Waals surface area (Å²) in [5.74, 6) is 1.89. The van der Waals surface area contributed by atoms with Gasteiger partial charge in [-0.3, -0.25) is 4.99 Å². The number of para-hydroxylation sites is 1. The normalized spacial score (nSPS) is 9.52. The molecule has 0 spiro atoms. The van der Waals surface area contributed by atoms with E-state index in [0.29, 0.717) is 6.61 Å². The summed E-state index contributed by atoms with van der Waals surface area (Å²) in [7, 11) is 0. The number of guanidine groups is 1. The Morgan fingerprint density at radius 1 is 1.10 bits per heavy atom. The second-order valence-corrected chi connectivity index (χ2v) is 4.71. The van der Waals surface area contributed by atoms with Gasteiger partial charge in [-0.05, 0) is 38.8 Å². The van der Waals surface area contributed by atoms with Gasteiger partial charge in [-0.2, -0.15) is 0 Å². The van der Waals surface area contributed by atoms with Gasteiger partial charge in [0.05, 0.1) is 6.61 Å². The second-order valence-electron chi connectivity index (χ2n) is 4.71. The number of rotatable bonds is 7. The van der Waals surface area contributed by atoms with Crippen molar-refractivity contribution >= 4 is 29.9 Å². The van der Waals surface area contributed by atoms with Crippen molar-refractivity contribution in [2.75, 3.05) is 26.2 Å². The molecule has 0 saturated carbocycles. The van der Waals surface area contributed by atoms with Gasteiger partial charge in [0.25, 0.3) is 0 Å². The van der Waals surface area contributed by atoms with E-state index in [2.05, 4.69) is 61.5 Å². The quantitative estimate of drug-likeness (QED) is 0.317. The Morgan fingerprint density at radius 2 is 1.67 bits per heavy atom. The molecule has 0 atom stereocenters. The van der Waals surface area contributed by atoms with Crippen LogP contribution in [0, 0.1) is 13.8 Å². The van der Waals surface area contributed by atoms with E-state index in [9.17, 15) is 0 Å². The molecule has 0 fully saturated rings. The summed E-state index contributed by atoms with van der Waals surface area (Å²) in [4.78, 5) is 4.49. The van der Waals surface area contributed by atoms with E-state index in [1.54, 1.807) is 0 Å². The smallest absolute Gasteiger partial charge is 0.191 e. The average Bonchev–Trinajstić information content (AvgIpc) is 2.41. The molecule has 0 amide bonds. The Kier molecular flexibility index (Phi) is 11.1. The average molecular weight is 405 g/mol. The van der Waals surface area contributed by atoms with Crippen molar-refractivity contribution in [3.63, 3.8) is 0 Å².